The first kappa shape index (κ1) is 56.6. The molecule has 0 spiro atoms. The van der Waals surface area contributed by atoms with E-state index in [2.05, 4.69) is 280 Å². The monoisotopic (exact) mass is 1230 g/mol. The van der Waals surface area contributed by atoms with Crippen LogP contribution in [0.2, 0.25) is 0 Å². The molecule has 0 fully saturated rings. The van der Waals surface area contributed by atoms with Crippen LogP contribution < -0.4 is 24.8 Å². The molecule has 376 valence electrons. The van der Waals surface area contributed by atoms with Crippen molar-refractivity contribution in [3.05, 3.63) is 279 Å². The van der Waals surface area contributed by atoms with Crippen molar-refractivity contribution in [2.75, 3.05) is 0 Å². The summed E-state index contributed by atoms with van der Waals surface area (Å²) in [5, 5.41) is 5.06. The molecule has 5 heteroatoms. The SMILES string of the molecule is Brc1ccc([C](=[Zr+2])c2ccc(Br)cc2)cc1.CC(C)(C)c1cc2c([c-]c1-c1ccccc1-c1ccc3ccccc3c1)Cc1cc(-c3ccccc3-c3ccc4ccccc4c3)c(C(C)(C)C)cc1-2.[Cl-].[Cl-].c1cc[cH-]c1. The summed E-state index contributed by atoms with van der Waals surface area (Å²) in [6.07, 6.45) is 0.871. The summed E-state index contributed by atoms with van der Waals surface area (Å²) in [4.78, 5) is 0. The van der Waals surface area contributed by atoms with Crippen LogP contribution in [0.3, 0.4) is 0 Å². The molecular formula is C71H58Br2Cl2Zr-2. The van der Waals surface area contributed by atoms with Gasteiger partial charge in [0, 0.05) is 0 Å². The first-order valence-corrected chi connectivity index (χ1v) is 28.2. The molecule has 0 radical (unpaired) electrons. The number of fused-ring (bicyclic) bond motifs is 5. The fourth-order valence-electron chi connectivity index (χ4n) is 10.2. The van der Waals surface area contributed by atoms with Gasteiger partial charge >= 0.3 is 128 Å². The van der Waals surface area contributed by atoms with Crippen molar-refractivity contribution >= 4 is 56.6 Å². The average molecular weight is 1230 g/mol. The van der Waals surface area contributed by atoms with Crippen molar-refractivity contribution in [1.82, 2.24) is 0 Å². The Labute approximate surface area is 494 Å². The van der Waals surface area contributed by atoms with E-state index >= 15 is 0 Å². The Kier molecular flexibility index (Phi) is 18.1. The minimum atomic E-state index is -0.0777. The molecule has 0 aromatic heterocycles. The summed E-state index contributed by atoms with van der Waals surface area (Å²) in [6, 6.07) is 87.4. The van der Waals surface area contributed by atoms with E-state index in [1.165, 1.54) is 138 Å². The van der Waals surface area contributed by atoms with E-state index in [9.17, 15) is 0 Å². The topological polar surface area (TPSA) is 0 Å². The first-order valence-electron chi connectivity index (χ1n) is 25.4. The Balaban J connectivity index is 0.000000277. The van der Waals surface area contributed by atoms with Crippen molar-refractivity contribution in [1.29, 1.82) is 0 Å². The fourth-order valence-corrected chi connectivity index (χ4v) is 11.6. The Morgan fingerprint density at radius 2 is 0.855 bits per heavy atom. The summed E-state index contributed by atoms with van der Waals surface area (Å²) in [5.41, 5.74) is 20.6. The standard InChI is InChI=1S/C53H45.C13H8Br2.C5H5.2ClH.Zr/c1-52(2,3)50-32-46-40(30-48(50)44-21-13-11-19-42(44)38-25-23-34-15-7-9-17-36(34)27-38)29-41-31-49(51(33-47(41)46)53(4,5)6)45-22-14-12-20-43(45)39-26-24-35-16-8-10-18-37(35)28-39;14-12-5-1-10(2-6-12)9-11-3-7-13(15)8-4-11;1-2-4-5-3-1;;;/h7-28,30,32-33H,29H2,1-6H3;1-8H;1-5H;2*1H;/q-1;;-1;;;+2/p-2. The van der Waals surface area contributed by atoms with Gasteiger partial charge in [-0.1, -0.05) is 197 Å². The maximum Gasteiger partial charge on any atom is -0.0102 e. The summed E-state index contributed by atoms with van der Waals surface area (Å²) in [6.45, 7) is 14.1. The van der Waals surface area contributed by atoms with Crippen LogP contribution in [0, 0.1) is 6.07 Å². The second-order valence-corrected chi connectivity index (χ2v) is 24.3. The predicted molar refractivity (Wildman–Crippen MR) is 321 cm³/mol. The van der Waals surface area contributed by atoms with Gasteiger partial charge in [-0.2, -0.15) is 18.2 Å². The molecule has 0 nitrogen and oxygen atoms in total. The molecule has 0 atom stereocenters. The second kappa shape index (κ2) is 24.4. The quantitative estimate of drug-likeness (QED) is 0.146. The van der Waals surface area contributed by atoms with Crippen LogP contribution in [-0.4, -0.2) is 3.21 Å². The van der Waals surface area contributed by atoms with Gasteiger partial charge in [-0.05, 0) is 89.9 Å². The Hall–Kier alpha value is -5.64. The van der Waals surface area contributed by atoms with Crippen LogP contribution >= 0.6 is 31.9 Å². The van der Waals surface area contributed by atoms with E-state index in [4.69, 9.17) is 0 Å². The van der Waals surface area contributed by atoms with Crippen molar-refractivity contribution < 1.29 is 49.0 Å². The zero-order valence-corrected chi connectivity index (χ0v) is 50.8. The average Bonchev–Trinajstić information content (AvgIpc) is 4.15. The number of hydrogen-bond acceptors (Lipinski definition) is 0. The van der Waals surface area contributed by atoms with Gasteiger partial charge in [-0.25, -0.2) is 12.1 Å². The van der Waals surface area contributed by atoms with Crippen LogP contribution in [0.4, 0.5) is 0 Å². The van der Waals surface area contributed by atoms with Gasteiger partial charge in [0.1, 0.15) is 0 Å². The maximum absolute atomic E-state index is 4.08. The Morgan fingerprint density at radius 1 is 0.421 bits per heavy atom. The Bertz CT molecular complexity index is 3550. The third-order valence-electron chi connectivity index (χ3n) is 14.0. The maximum atomic E-state index is 4.08. The molecule has 11 aromatic carbocycles. The van der Waals surface area contributed by atoms with Crippen LogP contribution in [0.5, 0.6) is 0 Å². The number of halogens is 4. The Morgan fingerprint density at radius 3 is 1.33 bits per heavy atom. The summed E-state index contributed by atoms with van der Waals surface area (Å²) >= 11 is 8.34. The van der Waals surface area contributed by atoms with E-state index < -0.39 is 0 Å². The molecule has 0 unspecified atom stereocenters. The van der Waals surface area contributed by atoms with E-state index in [0.29, 0.717) is 0 Å². The summed E-state index contributed by atoms with van der Waals surface area (Å²) < 4.78 is 3.62. The van der Waals surface area contributed by atoms with Crippen molar-refractivity contribution in [2.24, 2.45) is 0 Å². The number of hydrogen-bond donors (Lipinski definition) is 0. The molecule has 0 bridgehead atoms. The van der Waals surface area contributed by atoms with Gasteiger partial charge in [0.05, 0.1) is 0 Å². The molecule has 1 aliphatic carbocycles. The molecule has 11 aromatic rings. The summed E-state index contributed by atoms with van der Waals surface area (Å²) in [7, 11) is 0. The molecule has 1 aliphatic rings. The molecule has 0 aliphatic heterocycles. The molecular weight excluding hydrogens is 1170 g/mol. The molecule has 76 heavy (non-hydrogen) atoms. The number of rotatable bonds is 6. The minimum absolute atomic E-state index is 0. The molecule has 12 rings (SSSR count). The fraction of sp³-hybridized carbons (Fsp3) is 0.127. The van der Waals surface area contributed by atoms with E-state index in [1.807, 2.05) is 30.3 Å². The zero-order chi connectivity index (χ0) is 51.6. The van der Waals surface area contributed by atoms with Gasteiger partial charge in [-0.15, -0.1) is 28.8 Å². The van der Waals surface area contributed by atoms with Gasteiger partial charge in [0.15, 0.2) is 0 Å². The summed E-state index contributed by atoms with van der Waals surface area (Å²) in [5.74, 6) is 0. The largest absolute Gasteiger partial charge is 1.00 e. The zero-order valence-electron chi connectivity index (χ0n) is 43.7. The van der Waals surface area contributed by atoms with Gasteiger partial charge < -0.3 is 24.8 Å². The van der Waals surface area contributed by atoms with Crippen LogP contribution in [0.1, 0.15) is 74.9 Å². The molecule has 0 saturated heterocycles. The van der Waals surface area contributed by atoms with E-state index in [0.717, 1.165) is 15.4 Å². The smallest absolute Gasteiger partial charge is 0.0102 e. The van der Waals surface area contributed by atoms with Crippen LogP contribution in [0.15, 0.2) is 239 Å². The molecule has 0 amide bonds. The molecule has 0 heterocycles. The van der Waals surface area contributed by atoms with Gasteiger partial charge in [0.25, 0.3) is 0 Å². The van der Waals surface area contributed by atoms with Crippen LogP contribution in [0.25, 0.3) is 77.2 Å². The van der Waals surface area contributed by atoms with Crippen molar-refractivity contribution in [2.45, 2.75) is 58.8 Å². The van der Waals surface area contributed by atoms with Crippen molar-refractivity contribution in [3.8, 4) is 55.6 Å². The number of benzene rings is 10. The van der Waals surface area contributed by atoms with Gasteiger partial charge in [0.2, 0.25) is 0 Å². The molecule has 0 saturated carbocycles. The van der Waals surface area contributed by atoms with E-state index in [1.54, 1.807) is 0 Å². The van der Waals surface area contributed by atoms with E-state index in [-0.39, 0.29) is 35.6 Å². The first-order chi connectivity index (χ1) is 35.7. The third-order valence-corrected chi connectivity index (χ3v) is 16.5. The van der Waals surface area contributed by atoms with Crippen LogP contribution in [-0.2, 0) is 41.5 Å². The third kappa shape index (κ3) is 12.5. The normalized spacial score (nSPS) is 11.5. The second-order valence-electron chi connectivity index (χ2n) is 21.2. The molecule has 0 N–H and O–H groups in total. The minimum Gasteiger partial charge on any atom is -1.00 e. The van der Waals surface area contributed by atoms with Crippen molar-refractivity contribution in [3.63, 3.8) is 0 Å². The van der Waals surface area contributed by atoms with Gasteiger partial charge in [-0.3, -0.25) is 0 Å². The predicted octanol–water partition coefficient (Wildman–Crippen LogP) is 14.4.